The summed E-state index contributed by atoms with van der Waals surface area (Å²) in [5, 5.41) is 0. The van der Waals surface area contributed by atoms with Crippen LogP contribution >= 0.6 is 0 Å². The Labute approximate surface area is 49.2 Å². The Morgan fingerprint density at radius 1 is 1.38 bits per heavy atom. The largest absolute Gasteiger partial charge is 0.327 e. The molecule has 0 aromatic carbocycles. The molecule has 0 amide bonds. The molecule has 2 unspecified atom stereocenters. The summed E-state index contributed by atoms with van der Waals surface area (Å²) in [5.41, 5.74) is 11.0. The van der Waals surface area contributed by atoms with Crippen LogP contribution in [0.25, 0.3) is 0 Å². The molecule has 0 saturated carbocycles. The van der Waals surface area contributed by atoms with Gasteiger partial charge in [0.2, 0.25) is 0 Å². The topological polar surface area (TPSA) is 52.0 Å². The summed E-state index contributed by atoms with van der Waals surface area (Å²) in [4.78, 5) is 0. The van der Waals surface area contributed by atoms with Crippen molar-refractivity contribution < 1.29 is 0 Å². The fourth-order valence-corrected chi connectivity index (χ4v) is 0.790. The van der Waals surface area contributed by atoms with Crippen LogP contribution in [0.4, 0.5) is 0 Å². The first kappa shape index (κ1) is 5.61. The van der Waals surface area contributed by atoms with Gasteiger partial charge in [0.05, 0.1) is 6.04 Å². The summed E-state index contributed by atoms with van der Waals surface area (Å²) in [6, 6.07) is 0.241. The average molecular weight is 110 g/mol. The molecule has 1 aliphatic carbocycles. The minimum absolute atomic E-state index is 0.0266. The summed E-state index contributed by atoms with van der Waals surface area (Å²) in [5.74, 6) is 5.74. The lowest BCUT2D eigenvalue weighted by atomic mass is 10.0. The predicted octanol–water partition coefficient (Wildman–Crippen LogP) is -0.562. The first-order valence-electron chi connectivity index (χ1n) is 2.78. The molecular weight excluding hydrogens is 100 g/mol. The molecular formula is C6H10N2. The molecule has 1 rings (SSSR count). The molecule has 0 fully saturated rings. The molecule has 0 radical (unpaired) electrons. The SMILES string of the molecule is NC1C#CCC(N)C1. The van der Waals surface area contributed by atoms with E-state index in [0.29, 0.717) is 0 Å². The highest BCUT2D eigenvalue weighted by Crippen LogP contribution is 2.00. The van der Waals surface area contributed by atoms with Gasteiger partial charge in [0, 0.05) is 12.5 Å². The third-order valence-electron chi connectivity index (χ3n) is 1.21. The van der Waals surface area contributed by atoms with Gasteiger partial charge in [-0.25, -0.2) is 0 Å². The zero-order valence-corrected chi connectivity index (χ0v) is 4.72. The molecule has 8 heavy (non-hydrogen) atoms. The van der Waals surface area contributed by atoms with Crippen molar-refractivity contribution in [1.82, 2.24) is 0 Å². The Morgan fingerprint density at radius 2 is 2.12 bits per heavy atom. The van der Waals surface area contributed by atoms with Gasteiger partial charge in [-0.3, -0.25) is 0 Å². The maximum Gasteiger partial charge on any atom is 0.0679 e. The normalized spacial score (nSPS) is 35.8. The van der Waals surface area contributed by atoms with E-state index < -0.39 is 0 Å². The summed E-state index contributed by atoms with van der Waals surface area (Å²) >= 11 is 0. The molecule has 4 N–H and O–H groups in total. The van der Waals surface area contributed by atoms with E-state index in [2.05, 4.69) is 11.8 Å². The molecule has 0 spiro atoms. The smallest absolute Gasteiger partial charge is 0.0679 e. The van der Waals surface area contributed by atoms with E-state index in [1.807, 2.05) is 0 Å². The van der Waals surface area contributed by atoms with Gasteiger partial charge in [0.25, 0.3) is 0 Å². The highest BCUT2D eigenvalue weighted by atomic mass is 14.7. The van der Waals surface area contributed by atoms with Crippen molar-refractivity contribution in [3.8, 4) is 11.8 Å². The second-order valence-corrected chi connectivity index (χ2v) is 2.13. The molecule has 0 aromatic rings. The number of hydrogen-bond donors (Lipinski definition) is 2. The van der Waals surface area contributed by atoms with E-state index in [1.54, 1.807) is 0 Å². The van der Waals surface area contributed by atoms with Crippen LogP contribution in [-0.4, -0.2) is 12.1 Å². The van der Waals surface area contributed by atoms with Gasteiger partial charge in [-0.15, -0.1) is 5.92 Å². The molecule has 2 atom stereocenters. The molecule has 2 nitrogen and oxygen atoms in total. The fourth-order valence-electron chi connectivity index (χ4n) is 0.790. The van der Waals surface area contributed by atoms with Crippen molar-refractivity contribution in [3.63, 3.8) is 0 Å². The van der Waals surface area contributed by atoms with Gasteiger partial charge in [-0.2, -0.15) is 0 Å². The lowest BCUT2D eigenvalue weighted by molar-refractivity contribution is 0.579. The van der Waals surface area contributed by atoms with Gasteiger partial charge in [0.1, 0.15) is 0 Å². The molecule has 1 aliphatic rings. The van der Waals surface area contributed by atoms with Crippen LogP contribution in [0, 0.1) is 11.8 Å². The van der Waals surface area contributed by atoms with Gasteiger partial charge >= 0.3 is 0 Å². The maximum absolute atomic E-state index is 5.54. The number of hydrogen-bond acceptors (Lipinski definition) is 2. The molecule has 44 valence electrons. The summed E-state index contributed by atoms with van der Waals surface area (Å²) in [6.07, 6.45) is 1.67. The Balaban J connectivity index is 2.49. The van der Waals surface area contributed by atoms with E-state index in [0.717, 1.165) is 12.8 Å². The third kappa shape index (κ3) is 1.22. The Bertz CT molecular complexity index is 131. The molecule has 0 heterocycles. The standard InChI is InChI=1S/C6H10N2/c7-5-2-1-3-6(8)4-5/h5-6H,2,4,7-8H2. The number of rotatable bonds is 0. The molecule has 0 aromatic heterocycles. The van der Waals surface area contributed by atoms with Crippen molar-refractivity contribution in [2.24, 2.45) is 11.5 Å². The first-order valence-corrected chi connectivity index (χ1v) is 2.78. The molecule has 0 bridgehead atoms. The van der Waals surface area contributed by atoms with E-state index >= 15 is 0 Å². The quantitative estimate of drug-likeness (QED) is 0.411. The minimum Gasteiger partial charge on any atom is -0.327 e. The van der Waals surface area contributed by atoms with Gasteiger partial charge in [-0.05, 0) is 6.42 Å². The zero-order chi connectivity index (χ0) is 5.98. The van der Waals surface area contributed by atoms with Crippen molar-refractivity contribution in [3.05, 3.63) is 0 Å². The zero-order valence-electron chi connectivity index (χ0n) is 4.72. The minimum atomic E-state index is 0.0266. The lowest BCUT2D eigenvalue weighted by Crippen LogP contribution is -2.32. The summed E-state index contributed by atoms with van der Waals surface area (Å²) in [6.45, 7) is 0. The van der Waals surface area contributed by atoms with E-state index in [-0.39, 0.29) is 12.1 Å². The van der Waals surface area contributed by atoms with Crippen LogP contribution < -0.4 is 11.5 Å². The van der Waals surface area contributed by atoms with E-state index in [9.17, 15) is 0 Å². The molecule has 2 heteroatoms. The Morgan fingerprint density at radius 3 is 2.50 bits per heavy atom. The van der Waals surface area contributed by atoms with Crippen LogP contribution in [0.2, 0.25) is 0 Å². The van der Waals surface area contributed by atoms with E-state index in [1.165, 1.54) is 0 Å². The van der Waals surface area contributed by atoms with Gasteiger partial charge in [0.15, 0.2) is 0 Å². The Hall–Kier alpha value is -0.520. The van der Waals surface area contributed by atoms with Crippen molar-refractivity contribution in [2.45, 2.75) is 24.9 Å². The monoisotopic (exact) mass is 110 g/mol. The summed E-state index contributed by atoms with van der Waals surface area (Å²) < 4.78 is 0. The maximum atomic E-state index is 5.54. The van der Waals surface area contributed by atoms with Crippen LogP contribution in [0.5, 0.6) is 0 Å². The van der Waals surface area contributed by atoms with Crippen LogP contribution in [0.15, 0.2) is 0 Å². The van der Waals surface area contributed by atoms with Crippen molar-refractivity contribution >= 4 is 0 Å². The number of nitrogens with two attached hydrogens (primary N) is 2. The molecule has 0 aliphatic heterocycles. The highest BCUT2D eigenvalue weighted by Gasteiger charge is 2.08. The fraction of sp³-hybridized carbons (Fsp3) is 0.667. The first-order chi connectivity index (χ1) is 3.79. The van der Waals surface area contributed by atoms with Gasteiger partial charge < -0.3 is 11.5 Å². The van der Waals surface area contributed by atoms with E-state index in [4.69, 9.17) is 11.5 Å². The van der Waals surface area contributed by atoms with Gasteiger partial charge in [-0.1, -0.05) is 5.92 Å². The average Bonchev–Trinajstić information content (AvgIpc) is 1.64. The lowest BCUT2D eigenvalue weighted by Gasteiger charge is -2.13. The van der Waals surface area contributed by atoms with Crippen LogP contribution in [0.3, 0.4) is 0 Å². The Kier molecular flexibility index (Phi) is 1.52. The molecule has 0 saturated heterocycles. The third-order valence-corrected chi connectivity index (χ3v) is 1.21. The predicted molar refractivity (Wildman–Crippen MR) is 33.0 cm³/mol. The van der Waals surface area contributed by atoms with Crippen molar-refractivity contribution in [1.29, 1.82) is 0 Å². The second kappa shape index (κ2) is 2.17. The van der Waals surface area contributed by atoms with Crippen molar-refractivity contribution in [2.75, 3.05) is 0 Å². The van der Waals surface area contributed by atoms with Crippen LogP contribution in [-0.2, 0) is 0 Å². The summed E-state index contributed by atoms with van der Waals surface area (Å²) in [7, 11) is 0. The second-order valence-electron chi connectivity index (χ2n) is 2.13. The van der Waals surface area contributed by atoms with Crippen LogP contribution in [0.1, 0.15) is 12.8 Å². The highest BCUT2D eigenvalue weighted by molar-refractivity contribution is 5.12.